The third-order valence-electron chi connectivity index (χ3n) is 5.01. The molecule has 5 heteroatoms. The number of hydrogen-bond donors (Lipinski definition) is 1. The molecule has 188 valence electrons. The van der Waals surface area contributed by atoms with E-state index in [1.807, 2.05) is 0 Å². The van der Waals surface area contributed by atoms with Crippen LogP contribution in [0.4, 0.5) is 0 Å². The van der Waals surface area contributed by atoms with Gasteiger partial charge in [0.05, 0.1) is 0 Å². The molecule has 35 heavy (non-hydrogen) atoms. The zero-order valence-corrected chi connectivity index (χ0v) is 21.4. The van der Waals surface area contributed by atoms with Crippen molar-refractivity contribution in [3.8, 4) is 11.8 Å². The van der Waals surface area contributed by atoms with E-state index in [1.54, 1.807) is 36.3 Å². The number of allylic oxidation sites excluding steroid dienone is 8. The molecule has 0 fully saturated rings. The van der Waals surface area contributed by atoms with Crippen LogP contribution in [0.5, 0.6) is 0 Å². The summed E-state index contributed by atoms with van der Waals surface area (Å²) in [4.78, 5) is 29.8. The number of amides is 2. The summed E-state index contributed by atoms with van der Waals surface area (Å²) in [5.74, 6) is 6.19. The number of carbonyl (C=O) groups excluding carboxylic acids is 2. The van der Waals surface area contributed by atoms with Gasteiger partial charge in [0.1, 0.15) is 5.69 Å². The van der Waals surface area contributed by atoms with Crippen molar-refractivity contribution in [3.63, 3.8) is 0 Å². The van der Waals surface area contributed by atoms with Gasteiger partial charge in [0.15, 0.2) is 0 Å². The van der Waals surface area contributed by atoms with E-state index in [-0.39, 0.29) is 11.8 Å². The molecule has 1 aromatic rings. The second-order valence-electron chi connectivity index (χ2n) is 8.05. The largest absolute Gasteiger partial charge is 0.354 e. The van der Waals surface area contributed by atoms with E-state index in [4.69, 9.17) is 0 Å². The number of carbonyl (C=O) groups is 2. The van der Waals surface area contributed by atoms with E-state index in [1.165, 1.54) is 0 Å². The van der Waals surface area contributed by atoms with Crippen LogP contribution in [0.25, 0.3) is 0 Å². The highest BCUT2D eigenvalue weighted by atomic mass is 16.2. The number of nitrogens with one attached hydrogen (secondary N) is 1. The normalized spacial score (nSPS) is 11.4. The Morgan fingerprint density at radius 3 is 2.34 bits per heavy atom. The quantitative estimate of drug-likeness (QED) is 0.180. The summed E-state index contributed by atoms with van der Waals surface area (Å²) in [6.07, 6.45) is 26.8. The SMILES string of the molecule is CC/C=C\CC/C=C\CC#CC/C=C\C/C=C\CCCC(=O)NCCN(C)C(=O)c1ccccn1. The van der Waals surface area contributed by atoms with Crippen LogP contribution in [0.2, 0.25) is 0 Å². The molecule has 2 amide bonds. The lowest BCUT2D eigenvalue weighted by Gasteiger charge is -2.16. The number of aromatic nitrogens is 1. The molecule has 0 aliphatic carbocycles. The zero-order chi connectivity index (χ0) is 25.4. The Hall–Kier alpha value is -3.39. The number of pyridine rings is 1. The second kappa shape index (κ2) is 21.2. The van der Waals surface area contributed by atoms with Crippen molar-refractivity contribution in [1.29, 1.82) is 0 Å². The van der Waals surface area contributed by atoms with Crippen LogP contribution in [-0.2, 0) is 4.79 Å². The fourth-order valence-electron chi connectivity index (χ4n) is 3.03. The summed E-state index contributed by atoms with van der Waals surface area (Å²) in [6.45, 7) is 3.03. The molecule has 0 aliphatic rings. The van der Waals surface area contributed by atoms with E-state index in [2.05, 4.69) is 77.7 Å². The topological polar surface area (TPSA) is 62.3 Å². The maximum absolute atomic E-state index is 12.2. The van der Waals surface area contributed by atoms with Gasteiger partial charge >= 0.3 is 0 Å². The minimum absolute atomic E-state index is 0.0127. The summed E-state index contributed by atoms with van der Waals surface area (Å²) in [5, 5.41) is 2.87. The molecular formula is C30H41N3O2. The lowest BCUT2D eigenvalue weighted by molar-refractivity contribution is -0.121. The molecule has 0 atom stereocenters. The third-order valence-corrected chi connectivity index (χ3v) is 5.01. The van der Waals surface area contributed by atoms with Gasteiger partial charge in [-0.05, 0) is 50.7 Å². The lowest BCUT2D eigenvalue weighted by Crippen LogP contribution is -2.36. The molecule has 0 saturated heterocycles. The highest BCUT2D eigenvalue weighted by molar-refractivity contribution is 5.92. The first kappa shape index (κ1) is 29.6. The molecule has 5 nitrogen and oxygen atoms in total. The predicted octanol–water partition coefficient (Wildman–Crippen LogP) is 6.03. The molecule has 1 rings (SSSR count). The van der Waals surface area contributed by atoms with Crippen molar-refractivity contribution in [1.82, 2.24) is 15.2 Å². The lowest BCUT2D eigenvalue weighted by atomic mass is 10.2. The van der Waals surface area contributed by atoms with Crippen molar-refractivity contribution in [2.24, 2.45) is 0 Å². The second-order valence-corrected chi connectivity index (χ2v) is 8.05. The van der Waals surface area contributed by atoms with E-state index >= 15 is 0 Å². The third kappa shape index (κ3) is 16.8. The molecule has 0 aromatic carbocycles. The van der Waals surface area contributed by atoms with Crippen molar-refractivity contribution in [2.75, 3.05) is 20.1 Å². The molecule has 1 N–H and O–H groups in total. The number of rotatable bonds is 16. The maximum atomic E-state index is 12.2. The molecule has 1 heterocycles. The average Bonchev–Trinajstić information content (AvgIpc) is 2.88. The number of unbranched alkanes of at least 4 members (excludes halogenated alkanes) is 2. The number of nitrogens with zero attached hydrogens (tertiary/aromatic N) is 2. The molecule has 0 saturated carbocycles. The Labute approximate surface area is 212 Å². The Bertz CT molecular complexity index is 889. The fourth-order valence-corrected chi connectivity index (χ4v) is 3.03. The molecule has 1 aromatic heterocycles. The minimum Gasteiger partial charge on any atom is -0.354 e. The molecule has 0 radical (unpaired) electrons. The van der Waals surface area contributed by atoms with Crippen molar-refractivity contribution < 1.29 is 9.59 Å². The van der Waals surface area contributed by atoms with Crippen LogP contribution in [-0.4, -0.2) is 41.8 Å². The van der Waals surface area contributed by atoms with Gasteiger partial charge in [0.25, 0.3) is 5.91 Å². The van der Waals surface area contributed by atoms with Crippen LogP contribution in [0.3, 0.4) is 0 Å². The highest BCUT2D eigenvalue weighted by Crippen LogP contribution is 2.00. The first-order valence-electron chi connectivity index (χ1n) is 12.6. The summed E-state index contributed by atoms with van der Waals surface area (Å²) >= 11 is 0. The Morgan fingerprint density at radius 1 is 0.943 bits per heavy atom. The Balaban J connectivity index is 2.00. The average molecular weight is 476 g/mol. The van der Waals surface area contributed by atoms with Crippen LogP contribution < -0.4 is 5.32 Å². The van der Waals surface area contributed by atoms with Crippen LogP contribution in [0.15, 0.2) is 73.0 Å². The van der Waals surface area contributed by atoms with Gasteiger partial charge in [0.2, 0.25) is 5.91 Å². The predicted molar refractivity (Wildman–Crippen MR) is 146 cm³/mol. The monoisotopic (exact) mass is 475 g/mol. The number of hydrogen-bond acceptors (Lipinski definition) is 3. The summed E-state index contributed by atoms with van der Waals surface area (Å²) in [6, 6.07) is 5.24. The summed E-state index contributed by atoms with van der Waals surface area (Å²) in [5.41, 5.74) is 0.408. The highest BCUT2D eigenvalue weighted by Gasteiger charge is 2.12. The molecular weight excluding hydrogens is 434 g/mol. The minimum atomic E-state index is -0.148. The van der Waals surface area contributed by atoms with Crippen LogP contribution >= 0.6 is 0 Å². The van der Waals surface area contributed by atoms with Gasteiger partial charge in [-0.3, -0.25) is 14.6 Å². The Morgan fingerprint density at radius 2 is 1.63 bits per heavy atom. The van der Waals surface area contributed by atoms with Gasteiger partial charge in [0, 0.05) is 45.6 Å². The van der Waals surface area contributed by atoms with E-state index in [0.29, 0.717) is 25.2 Å². The van der Waals surface area contributed by atoms with Crippen molar-refractivity contribution in [3.05, 3.63) is 78.7 Å². The van der Waals surface area contributed by atoms with Crippen LogP contribution in [0, 0.1) is 11.8 Å². The summed E-state index contributed by atoms with van der Waals surface area (Å²) < 4.78 is 0. The smallest absolute Gasteiger partial charge is 0.272 e. The molecule has 0 aliphatic heterocycles. The first-order valence-corrected chi connectivity index (χ1v) is 12.6. The summed E-state index contributed by atoms with van der Waals surface area (Å²) in [7, 11) is 1.71. The van der Waals surface area contributed by atoms with Gasteiger partial charge in [-0.15, -0.1) is 0 Å². The standard InChI is InChI=1S/C30H41N3O2/c1-3-4-5-6-7-8-9-10-11-12-13-14-15-16-17-18-19-20-24-29(34)32-26-27-33(2)30(35)28-23-21-22-25-31-28/h4-5,8-9,14-15,17-18,21-23,25H,3,6-7,10,13,16,19-20,24,26-27H2,1-2H3,(H,32,34)/b5-4-,9-8-,15-14-,18-17-. The van der Waals surface area contributed by atoms with E-state index < -0.39 is 0 Å². The van der Waals surface area contributed by atoms with Crippen molar-refractivity contribution >= 4 is 11.8 Å². The van der Waals surface area contributed by atoms with Crippen LogP contribution in [0.1, 0.15) is 75.2 Å². The Kier molecular flexibility index (Phi) is 17.9. The molecule has 0 unspecified atom stereocenters. The number of likely N-dealkylation sites (N-methyl/N-ethyl adjacent to an activating group) is 1. The maximum Gasteiger partial charge on any atom is 0.272 e. The first-order chi connectivity index (χ1) is 17.1. The van der Waals surface area contributed by atoms with Crippen molar-refractivity contribution in [2.45, 2.75) is 64.7 Å². The van der Waals surface area contributed by atoms with E-state index in [9.17, 15) is 9.59 Å². The molecule has 0 spiro atoms. The van der Waals surface area contributed by atoms with Gasteiger partial charge in [-0.25, -0.2) is 0 Å². The molecule has 0 bridgehead atoms. The van der Waals surface area contributed by atoms with Gasteiger partial charge in [-0.2, -0.15) is 0 Å². The zero-order valence-electron chi connectivity index (χ0n) is 21.4. The van der Waals surface area contributed by atoms with Gasteiger partial charge in [-0.1, -0.05) is 73.4 Å². The van der Waals surface area contributed by atoms with E-state index in [0.717, 1.165) is 51.4 Å². The fraction of sp³-hybridized carbons (Fsp3) is 0.433. The van der Waals surface area contributed by atoms with Gasteiger partial charge < -0.3 is 10.2 Å².